The number of aromatic nitrogens is 4. The van der Waals surface area contributed by atoms with Gasteiger partial charge >= 0.3 is 0 Å². The first-order valence-electron chi connectivity index (χ1n) is 8.98. The van der Waals surface area contributed by atoms with Gasteiger partial charge in [0.25, 0.3) is 5.56 Å². The second kappa shape index (κ2) is 8.35. The van der Waals surface area contributed by atoms with Crippen LogP contribution in [0.5, 0.6) is 0 Å². The van der Waals surface area contributed by atoms with Crippen LogP contribution >= 0.6 is 23.1 Å². The number of aromatic amines is 1. The molecule has 0 aromatic carbocycles. The standard InChI is InChI=1S/C18H24N4O2S2/c1-5-7-13-19-14(24-22-13)9-25-18-20-16(23)15-12(8-10(3)6-2)11(4)26-17(15)21-18/h10H,5-9H2,1-4H3,(H,20,21,23). The lowest BCUT2D eigenvalue weighted by Crippen LogP contribution is -2.11. The molecule has 1 atom stereocenters. The molecular weight excluding hydrogens is 368 g/mol. The normalized spacial score (nSPS) is 12.8. The van der Waals surface area contributed by atoms with Crippen LogP contribution in [0.25, 0.3) is 10.2 Å². The summed E-state index contributed by atoms with van der Waals surface area (Å²) in [5.41, 5.74) is 1.09. The van der Waals surface area contributed by atoms with E-state index in [1.54, 1.807) is 11.3 Å². The van der Waals surface area contributed by atoms with Crippen LogP contribution in [0.4, 0.5) is 0 Å². The minimum absolute atomic E-state index is 0.0580. The van der Waals surface area contributed by atoms with E-state index in [1.807, 2.05) is 0 Å². The second-order valence-corrected chi connectivity index (χ2v) is 8.72. The van der Waals surface area contributed by atoms with Crippen LogP contribution in [-0.4, -0.2) is 20.1 Å². The largest absolute Gasteiger partial charge is 0.338 e. The van der Waals surface area contributed by atoms with E-state index >= 15 is 0 Å². The summed E-state index contributed by atoms with van der Waals surface area (Å²) < 4.78 is 5.24. The van der Waals surface area contributed by atoms with Gasteiger partial charge in [-0.15, -0.1) is 11.3 Å². The molecule has 3 aromatic rings. The number of aryl methyl sites for hydroxylation is 2. The maximum atomic E-state index is 12.7. The molecule has 3 heterocycles. The lowest BCUT2D eigenvalue weighted by molar-refractivity contribution is 0.384. The van der Waals surface area contributed by atoms with Gasteiger partial charge in [0, 0.05) is 11.3 Å². The molecule has 8 heteroatoms. The Morgan fingerprint density at radius 3 is 2.85 bits per heavy atom. The van der Waals surface area contributed by atoms with E-state index in [0.717, 1.165) is 47.3 Å². The smallest absolute Gasteiger partial charge is 0.260 e. The van der Waals surface area contributed by atoms with E-state index in [9.17, 15) is 4.79 Å². The molecular formula is C18H24N4O2S2. The molecule has 0 fully saturated rings. The zero-order chi connectivity index (χ0) is 18.7. The van der Waals surface area contributed by atoms with Crippen LogP contribution in [0.15, 0.2) is 14.5 Å². The van der Waals surface area contributed by atoms with Crippen LogP contribution < -0.4 is 5.56 Å². The average molecular weight is 393 g/mol. The summed E-state index contributed by atoms with van der Waals surface area (Å²) in [4.78, 5) is 26.5. The maximum absolute atomic E-state index is 12.7. The number of thiophene rings is 1. The van der Waals surface area contributed by atoms with Crippen molar-refractivity contribution in [1.82, 2.24) is 20.1 Å². The van der Waals surface area contributed by atoms with E-state index in [4.69, 9.17) is 4.52 Å². The summed E-state index contributed by atoms with van der Waals surface area (Å²) in [7, 11) is 0. The van der Waals surface area contributed by atoms with Crippen LogP contribution in [0, 0.1) is 12.8 Å². The Labute approximate surface area is 160 Å². The minimum atomic E-state index is -0.0580. The topological polar surface area (TPSA) is 84.7 Å². The number of hydrogen-bond donors (Lipinski definition) is 1. The maximum Gasteiger partial charge on any atom is 0.260 e. The van der Waals surface area contributed by atoms with Gasteiger partial charge in [0.1, 0.15) is 4.83 Å². The summed E-state index contributed by atoms with van der Waals surface area (Å²) in [6.07, 6.45) is 3.80. The first-order chi connectivity index (χ1) is 12.5. The lowest BCUT2D eigenvalue weighted by Gasteiger charge is -2.08. The molecule has 26 heavy (non-hydrogen) atoms. The summed E-state index contributed by atoms with van der Waals surface area (Å²) in [6.45, 7) is 8.54. The van der Waals surface area contributed by atoms with E-state index in [1.165, 1.54) is 16.6 Å². The second-order valence-electron chi connectivity index (χ2n) is 6.55. The quantitative estimate of drug-likeness (QED) is 0.448. The third-order valence-electron chi connectivity index (χ3n) is 4.41. The number of nitrogens with zero attached hydrogens (tertiary/aromatic N) is 3. The van der Waals surface area contributed by atoms with Crippen LogP contribution in [0.1, 0.15) is 55.8 Å². The molecule has 0 aliphatic heterocycles. The van der Waals surface area contributed by atoms with Crippen molar-refractivity contribution >= 4 is 33.3 Å². The lowest BCUT2D eigenvalue weighted by atomic mass is 9.98. The number of nitrogens with one attached hydrogen (secondary N) is 1. The molecule has 0 bridgehead atoms. The number of fused-ring (bicyclic) bond motifs is 1. The Balaban J connectivity index is 1.81. The Hall–Kier alpha value is -1.67. The van der Waals surface area contributed by atoms with E-state index in [-0.39, 0.29) is 5.56 Å². The summed E-state index contributed by atoms with van der Waals surface area (Å²) in [5, 5.41) is 5.29. The Kier molecular flexibility index (Phi) is 6.13. The summed E-state index contributed by atoms with van der Waals surface area (Å²) in [6, 6.07) is 0. The molecule has 1 unspecified atom stereocenters. The van der Waals surface area contributed by atoms with Crippen molar-refractivity contribution in [1.29, 1.82) is 0 Å². The molecule has 0 saturated heterocycles. The van der Waals surface area contributed by atoms with Gasteiger partial charge in [0.05, 0.1) is 11.1 Å². The third-order valence-corrected chi connectivity index (χ3v) is 6.31. The molecule has 6 nitrogen and oxygen atoms in total. The number of hydrogen-bond acceptors (Lipinski definition) is 7. The molecule has 0 radical (unpaired) electrons. The van der Waals surface area contributed by atoms with Crippen molar-refractivity contribution in [3.8, 4) is 0 Å². The van der Waals surface area contributed by atoms with Crippen molar-refractivity contribution in [2.75, 3.05) is 0 Å². The first kappa shape index (κ1) is 19.1. The predicted octanol–water partition coefficient (Wildman–Crippen LogP) is 4.51. The monoisotopic (exact) mass is 392 g/mol. The van der Waals surface area contributed by atoms with E-state index < -0.39 is 0 Å². The molecule has 0 spiro atoms. The van der Waals surface area contributed by atoms with Gasteiger partial charge in [-0.05, 0) is 31.2 Å². The third kappa shape index (κ3) is 4.17. The van der Waals surface area contributed by atoms with Crippen LogP contribution in [0.2, 0.25) is 0 Å². The van der Waals surface area contributed by atoms with E-state index in [2.05, 4.69) is 47.8 Å². The molecule has 3 rings (SSSR count). The highest BCUT2D eigenvalue weighted by Gasteiger charge is 2.17. The molecule has 0 saturated carbocycles. The Morgan fingerprint density at radius 1 is 1.31 bits per heavy atom. The van der Waals surface area contributed by atoms with Gasteiger partial charge < -0.3 is 9.51 Å². The predicted molar refractivity (Wildman–Crippen MR) is 106 cm³/mol. The molecule has 0 aliphatic carbocycles. The molecule has 3 aromatic heterocycles. The highest BCUT2D eigenvalue weighted by atomic mass is 32.2. The molecule has 0 amide bonds. The zero-order valence-electron chi connectivity index (χ0n) is 15.6. The van der Waals surface area contributed by atoms with Crippen molar-refractivity contribution < 1.29 is 4.52 Å². The van der Waals surface area contributed by atoms with Gasteiger partial charge in [-0.25, -0.2) is 4.98 Å². The highest BCUT2D eigenvalue weighted by molar-refractivity contribution is 7.98. The Bertz CT molecular complexity index is 944. The Morgan fingerprint density at radius 2 is 2.12 bits per heavy atom. The van der Waals surface area contributed by atoms with Crippen molar-refractivity contribution in [3.05, 3.63) is 32.5 Å². The van der Waals surface area contributed by atoms with Gasteiger partial charge in [-0.2, -0.15) is 4.98 Å². The first-order valence-corrected chi connectivity index (χ1v) is 10.8. The van der Waals surface area contributed by atoms with Gasteiger partial charge in [0.15, 0.2) is 11.0 Å². The molecule has 0 aliphatic rings. The number of H-pyrrole nitrogens is 1. The number of rotatable bonds is 8. The highest BCUT2D eigenvalue weighted by Crippen LogP contribution is 2.31. The number of thioether (sulfide) groups is 1. The van der Waals surface area contributed by atoms with Crippen molar-refractivity contribution in [2.24, 2.45) is 5.92 Å². The van der Waals surface area contributed by atoms with Crippen molar-refractivity contribution in [2.45, 2.75) is 64.3 Å². The van der Waals surface area contributed by atoms with Gasteiger partial charge in [-0.1, -0.05) is 44.1 Å². The minimum Gasteiger partial charge on any atom is -0.338 e. The molecule has 140 valence electrons. The van der Waals surface area contributed by atoms with E-state index in [0.29, 0.717) is 22.7 Å². The summed E-state index contributed by atoms with van der Waals surface area (Å²) >= 11 is 3.01. The fourth-order valence-corrected chi connectivity index (χ4v) is 4.58. The molecule has 1 N–H and O–H groups in total. The fourth-order valence-electron chi connectivity index (χ4n) is 2.77. The average Bonchev–Trinajstić information content (AvgIpc) is 3.18. The summed E-state index contributed by atoms with van der Waals surface area (Å²) in [5.74, 6) is 2.33. The SMILES string of the molecule is CCCc1noc(CSc2nc3sc(C)c(CC(C)CC)c3c(=O)[nH]2)n1. The fraction of sp³-hybridized carbons (Fsp3) is 0.556. The van der Waals surface area contributed by atoms with Gasteiger partial charge in [-0.3, -0.25) is 4.79 Å². The zero-order valence-corrected chi connectivity index (χ0v) is 17.2. The van der Waals surface area contributed by atoms with Crippen LogP contribution in [-0.2, 0) is 18.6 Å². The van der Waals surface area contributed by atoms with Crippen LogP contribution in [0.3, 0.4) is 0 Å². The van der Waals surface area contributed by atoms with Gasteiger partial charge in [0.2, 0.25) is 5.89 Å². The van der Waals surface area contributed by atoms with Crippen molar-refractivity contribution in [3.63, 3.8) is 0 Å².